The van der Waals surface area contributed by atoms with E-state index in [0.717, 1.165) is 32.4 Å². The predicted molar refractivity (Wildman–Crippen MR) is 48.0 cm³/mol. The molecule has 1 saturated heterocycles. The standard InChI is InChI=1S/C9H19NO2/c1-8(7-11)10-5-2-3-9(12)4-6-10/h8-9,11-12H,2-7H2,1H3. The van der Waals surface area contributed by atoms with Crippen molar-refractivity contribution in [2.24, 2.45) is 0 Å². The minimum Gasteiger partial charge on any atom is -0.395 e. The van der Waals surface area contributed by atoms with Gasteiger partial charge in [-0.15, -0.1) is 0 Å². The van der Waals surface area contributed by atoms with Gasteiger partial charge in [-0.3, -0.25) is 4.90 Å². The third-order valence-corrected chi connectivity index (χ3v) is 2.62. The summed E-state index contributed by atoms with van der Waals surface area (Å²) in [4.78, 5) is 2.25. The third-order valence-electron chi connectivity index (χ3n) is 2.62. The molecule has 0 aromatic rings. The monoisotopic (exact) mass is 173 g/mol. The number of nitrogens with zero attached hydrogens (tertiary/aromatic N) is 1. The van der Waals surface area contributed by atoms with E-state index in [1.807, 2.05) is 6.92 Å². The molecule has 2 unspecified atom stereocenters. The van der Waals surface area contributed by atoms with Gasteiger partial charge >= 0.3 is 0 Å². The normalized spacial score (nSPS) is 29.8. The highest BCUT2D eigenvalue weighted by molar-refractivity contribution is 4.72. The van der Waals surface area contributed by atoms with E-state index in [2.05, 4.69) is 4.90 Å². The van der Waals surface area contributed by atoms with Gasteiger partial charge in [0, 0.05) is 12.6 Å². The van der Waals surface area contributed by atoms with Gasteiger partial charge in [0.25, 0.3) is 0 Å². The van der Waals surface area contributed by atoms with Crippen molar-refractivity contribution in [3.05, 3.63) is 0 Å². The smallest absolute Gasteiger partial charge is 0.0584 e. The summed E-state index contributed by atoms with van der Waals surface area (Å²) in [5.74, 6) is 0. The quantitative estimate of drug-likeness (QED) is 0.627. The number of rotatable bonds is 2. The molecule has 0 aliphatic carbocycles. The molecule has 0 bridgehead atoms. The van der Waals surface area contributed by atoms with E-state index < -0.39 is 0 Å². The summed E-state index contributed by atoms with van der Waals surface area (Å²) in [5.41, 5.74) is 0. The van der Waals surface area contributed by atoms with E-state index in [1.54, 1.807) is 0 Å². The Bertz CT molecular complexity index is 130. The molecule has 0 aromatic carbocycles. The van der Waals surface area contributed by atoms with E-state index in [-0.39, 0.29) is 18.8 Å². The van der Waals surface area contributed by atoms with Gasteiger partial charge < -0.3 is 10.2 Å². The number of aliphatic hydroxyl groups excluding tert-OH is 2. The van der Waals surface area contributed by atoms with Crippen LogP contribution in [-0.2, 0) is 0 Å². The van der Waals surface area contributed by atoms with E-state index in [9.17, 15) is 5.11 Å². The van der Waals surface area contributed by atoms with Crippen LogP contribution in [0, 0.1) is 0 Å². The van der Waals surface area contributed by atoms with Crippen molar-refractivity contribution < 1.29 is 10.2 Å². The van der Waals surface area contributed by atoms with Crippen molar-refractivity contribution in [3.63, 3.8) is 0 Å². The molecule has 1 rings (SSSR count). The molecule has 0 radical (unpaired) electrons. The molecule has 3 heteroatoms. The molecule has 1 aliphatic rings. The average Bonchev–Trinajstić information content (AvgIpc) is 2.29. The Morgan fingerprint density at radius 2 is 2.17 bits per heavy atom. The lowest BCUT2D eigenvalue weighted by atomic mass is 10.2. The Morgan fingerprint density at radius 3 is 2.83 bits per heavy atom. The van der Waals surface area contributed by atoms with Crippen LogP contribution in [0.15, 0.2) is 0 Å². The first-order valence-electron chi connectivity index (χ1n) is 4.77. The summed E-state index contributed by atoms with van der Waals surface area (Å²) in [6.45, 7) is 4.18. The highest BCUT2D eigenvalue weighted by Gasteiger charge is 2.18. The molecular formula is C9H19NO2. The summed E-state index contributed by atoms with van der Waals surface area (Å²) in [6, 6.07) is 0.246. The maximum Gasteiger partial charge on any atom is 0.0584 e. The number of likely N-dealkylation sites (tertiary alicyclic amines) is 1. The zero-order chi connectivity index (χ0) is 8.97. The predicted octanol–water partition coefficient (Wildman–Crippen LogP) is 0.214. The summed E-state index contributed by atoms with van der Waals surface area (Å²) < 4.78 is 0. The minimum atomic E-state index is -0.124. The second kappa shape index (κ2) is 4.80. The van der Waals surface area contributed by atoms with Crippen molar-refractivity contribution in [3.8, 4) is 0 Å². The lowest BCUT2D eigenvalue weighted by Crippen LogP contribution is -2.36. The molecule has 1 heterocycles. The number of aliphatic hydroxyl groups is 2. The molecule has 0 saturated carbocycles. The van der Waals surface area contributed by atoms with Crippen LogP contribution in [0.1, 0.15) is 26.2 Å². The van der Waals surface area contributed by atoms with Crippen molar-refractivity contribution in [2.45, 2.75) is 38.3 Å². The maximum atomic E-state index is 9.37. The van der Waals surface area contributed by atoms with E-state index in [1.165, 1.54) is 0 Å². The summed E-state index contributed by atoms with van der Waals surface area (Å²) in [7, 11) is 0. The van der Waals surface area contributed by atoms with Crippen LogP contribution in [0.25, 0.3) is 0 Å². The number of hydrogen-bond acceptors (Lipinski definition) is 3. The zero-order valence-corrected chi connectivity index (χ0v) is 7.74. The molecule has 3 nitrogen and oxygen atoms in total. The van der Waals surface area contributed by atoms with E-state index >= 15 is 0 Å². The van der Waals surface area contributed by atoms with Crippen LogP contribution in [0.3, 0.4) is 0 Å². The second-order valence-corrected chi connectivity index (χ2v) is 3.65. The van der Waals surface area contributed by atoms with Crippen LogP contribution in [0.2, 0.25) is 0 Å². The Hall–Kier alpha value is -0.120. The maximum absolute atomic E-state index is 9.37. The van der Waals surface area contributed by atoms with Gasteiger partial charge in [0.15, 0.2) is 0 Å². The minimum absolute atomic E-state index is 0.124. The lowest BCUT2D eigenvalue weighted by Gasteiger charge is -2.25. The number of hydrogen-bond donors (Lipinski definition) is 2. The van der Waals surface area contributed by atoms with Crippen LogP contribution in [0.5, 0.6) is 0 Å². The first-order chi connectivity index (χ1) is 5.74. The SMILES string of the molecule is CC(CO)N1CCCC(O)CC1. The summed E-state index contributed by atoms with van der Waals surface area (Å²) >= 11 is 0. The zero-order valence-electron chi connectivity index (χ0n) is 7.74. The van der Waals surface area contributed by atoms with Crippen LogP contribution < -0.4 is 0 Å². The molecule has 1 fully saturated rings. The molecule has 2 N–H and O–H groups in total. The highest BCUT2D eigenvalue weighted by atomic mass is 16.3. The third kappa shape index (κ3) is 2.73. The van der Waals surface area contributed by atoms with Crippen LogP contribution >= 0.6 is 0 Å². The van der Waals surface area contributed by atoms with Gasteiger partial charge in [0.2, 0.25) is 0 Å². The fraction of sp³-hybridized carbons (Fsp3) is 1.00. The van der Waals surface area contributed by atoms with Gasteiger partial charge in [0.05, 0.1) is 12.7 Å². The topological polar surface area (TPSA) is 43.7 Å². The molecule has 72 valence electrons. The Kier molecular flexibility index (Phi) is 3.98. The summed E-state index contributed by atoms with van der Waals surface area (Å²) in [6.07, 6.45) is 2.69. The summed E-state index contributed by atoms with van der Waals surface area (Å²) in [5, 5.41) is 18.3. The largest absolute Gasteiger partial charge is 0.395 e. The molecule has 0 aromatic heterocycles. The van der Waals surface area contributed by atoms with Gasteiger partial charge in [-0.05, 0) is 32.7 Å². The first-order valence-corrected chi connectivity index (χ1v) is 4.77. The second-order valence-electron chi connectivity index (χ2n) is 3.65. The van der Waals surface area contributed by atoms with Crippen LogP contribution in [0.4, 0.5) is 0 Å². The van der Waals surface area contributed by atoms with Crippen LogP contribution in [-0.4, -0.2) is 47.0 Å². The molecular weight excluding hydrogens is 154 g/mol. The van der Waals surface area contributed by atoms with Gasteiger partial charge in [0.1, 0.15) is 0 Å². The molecule has 2 atom stereocenters. The molecule has 1 aliphatic heterocycles. The fourth-order valence-corrected chi connectivity index (χ4v) is 1.66. The van der Waals surface area contributed by atoms with Crippen molar-refractivity contribution in [1.29, 1.82) is 0 Å². The average molecular weight is 173 g/mol. The Morgan fingerprint density at radius 1 is 1.42 bits per heavy atom. The van der Waals surface area contributed by atoms with E-state index in [4.69, 9.17) is 5.11 Å². The first kappa shape index (κ1) is 9.96. The Labute approximate surface area is 74.0 Å². The highest BCUT2D eigenvalue weighted by Crippen LogP contribution is 2.12. The van der Waals surface area contributed by atoms with Crippen molar-refractivity contribution >= 4 is 0 Å². The van der Waals surface area contributed by atoms with E-state index in [0.29, 0.717) is 0 Å². The van der Waals surface area contributed by atoms with Crippen molar-refractivity contribution in [1.82, 2.24) is 4.90 Å². The fourth-order valence-electron chi connectivity index (χ4n) is 1.66. The molecule has 0 spiro atoms. The Balaban J connectivity index is 2.35. The molecule has 12 heavy (non-hydrogen) atoms. The van der Waals surface area contributed by atoms with Gasteiger partial charge in [-0.2, -0.15) is 0 Å². The lowest BCUT2D eigenvalue weighted by molar-refractivity contribution is 0.124. The van der Waals surface area contributed by atoms with Gasteiger partial charge in [-0.25, -0.2) is 0 Å². The van der Waals surface area contributed by atoms with Crippen molar-refractivity contribution in [2.75, 3.05) is 19.7 Å². The molecule has 0 amide bonds. The van der Waals surface area contributed by atoms with Gasteiger partial charge in [-0.1, -0.05) is 0 Å².